The summed E-state index contributed by atoms with van der Waals surface area (Å²) >= 11 is 5.88. The van der Waals surface area contributed by atoms with Crippen LogP contribution in [0.2, 0.25) is 5.02 Å². The maximum atomic E-state index is 8.95. The molecule has 0 spiro atoms. The third-order valence-corrected chi connectivity index (χ3v) is 1.97. The zero-order valence-corrected chi connectivity index (χ0v) is 8.41. The molecule has 0 fully saturated rings. The number of benzene rings is 1. The van der Waals surface area contributed by atoms with E-state index in [1.165, 1.54) is 7.11 Å². The molecule has 0 bridgehead atoms. The van der Waals surface area contributed by atoms with Crippen molar-refractivity contribution in [2.24, 2.45) is 0 Å². The number of aromatic nitrogens is 1. The van der Waals surface area contributed by atoms with E-state index in [4.69, 9.17) is 16.4 Å². The topological polar surface area (TPSA) is 42.1 Å². The van der Waals surface area contributed by atoms with Crippen LogP contribution < -0.4 is 0 Å². The Labute approximate surface area is 86.6 Å². The number of methoxy groups -OCH3 is 1. The average molecular weight is 212 g/mol. The molecule has 0 unspecified atom stereocenters. The first kappa shape index (κ1) is 10.6. The van der Waals surface area contributed by atoms with Crippen molar-refractivity contribution in [3.63, 3.8) is 0 Å². The maximum absolute atomic E-state index is 8.95. The summed E-state index contributed by atoms with van der Waals surface area (Å²) < 4.78 is 3.86. The number of halogens is 1. The number of fused-ring (bicyclic) bond motifs is 1. The van der Waals surface area contributed by atoms with Crippen molar-refractivity contribution >= 4 is 29.0 Å². The van der Waals surface area contributed by atoms with Gasteiger partial charge in [0.05, 0.1) is 7.11 Å². The first-order chi connectivity index (χ1) is 6.79. The highest BCUT2D eigenvalue weighted by Crippen LogP contribution is 2.21. The lowest BCUT2D eigenvalue weighted by molar-refractivity contribution is -0.126. The zero-order chi connectivity index (χ0) is 10.4. The Balaban J connectivity index is 0.000000213. The van der Waals surface area contributed by atoms with Crippen molar-refractivity contribution in [1.29, 1.82) is 0 Å². The molecule has 4 heteroatoms. The quantitative estimate of drug-likeness (QED) is 0.737. The van der Waals surface area contributed by atoms with Gasteiger partial charge in [0, 0.05) is 22.1 Å². The van der Waals surface area contributed by atoms with Crippen LogP contribution in [0.15, 0.2) is 30.5 Å². The van der Waals surface area contributed by atoms with Crippen molar-refractivity contribution in [2.75, 3.05) is 7.11 Å². The molecule has 2 aromatic rings. The van der Waals surface area contributed by atoms with Gasteiger partial charge in [0.1, 0.15) is 0 Å². The van der Waals surface area contributed by atoms with Crippen molar-refractivity contribution in [2.45, 2.75) is 0 Å². The molecule has 1 aromatic carbocycles. The third-order valence-electron chi connectivity index (χ3n) is 1.64. The summed E-state index contributed by atoms with van der Waals surface area (Å²) in [7, 11) is 1.31. The molecular formula is C10H10ClNO2. The van der Waals surface area contributed by atoms with Crippen LogP contribution in [0.4, 0.5) is 0 Å². The lowest BCUT2D eigenvalue weighted by Crippen LogP contribution is -1.68. The summed E-state index contributed by atoms with van der Waals surface area (Å²) in [6, 6.07) is 7.79. The molecule has 0 atom stereocenters. The highest BCUT2D eigenvalue weighted by molar-refractivity contribution is 6.35. The van der Waals surface area contributed by atoms with Crippen LogP contribution in [0.25, 0.3) is 10.9 Å². The van der Waals surface area contributed by atoms with E-state index >= 15 is 0 Å². The largest absolute Gasteiger partial charge is 0.471 e. The summed E-state index contributed by atoms with van der Waals surface area (Å²) in [5.41, 5.74) is 1.09. The molecule has 0 aliphatic carbocycles. The monoisotopic (exact) mass is 211 g/mol. The lowest BCUT2D eigenvalue weighted by Gasteiger charge is -1.89. The average Bonchev–Trinajstić information content (AvgIpc) is 2.68. The molecule has 1 heterocycles. The van der Waals surface area contributed by atoms with Gasteiger partial charge < -0.3 is 9.72 Å². The van der Waals surface area contributed by atoms with Gasteiger partial charge in [-0.1, -0.05) is 17.7 Å². The smallest absolute Gasteiger partial charge is 0.292 e. The molecule has 74 valence electrons. The summed E-state index contributed by atoms with van der Waals surface area (Å²) in [6.07, 6.45) is 1.89. The number of hydrogen-bond donors (Lipinski definition) is 1. The highest BCUT2D eigenvalue weighted by atomic mass is 35.5. The van der Waals surface area contributed by atoms with Crippen molar-refractivity contribution in [3.8, 4) is 0 Å². The van der Waals surface area contributed by atoms with Crippen molar-refractivity contribution in [1.82, 2.24) is 4.98 Å². The Morgan fingerprint density at radius 2 is 2.14 bits per heavy atom. The van der Waals surface area contributed by atoms with Crippen LogP contribution in [-0.4, -0.2) is 18.6 Å². The minimum Gasteiger partial charge on any atom is -0.471 e. The number of hydrogen-bond acceptors (Lipinski definition) is 2. The Morgan fingerprint density at radius 3 is 2.71 bits per heavy atom. The van der Waals surface area contributed by atoms with Crippen molar-refractivity contribution < 1.29 is 9.53 Å². The van der Waals surface area contributed by atoms with Gasteiger partial charge in [-0.15, -0.1) is 0 Å². The van der Waals surface area contributed by atoms with Crippen molar-refractivity contribution in [3.05, 3.63) is 35.5 Å². The van der Waals surface area contributed by atoms with E-state index in [1.807, 2.05) is 30.5 Å². The number of H-pyrrole nitrogens is 1. The van der Waals surface area contributed by atoms with Gasteiger partial charge >= 0.3 is 0 Å². The summed E-state index contributed by atoms with van der Waals surface area (Å²) in [6.45, 7) is 0.375. The summed E-state index contributed by atoms with van der Waals surface area (Å²) in [5.74, 6) is 0. The number of aromatic amines is 1. The summed E-state index contributed by atoms with van der Waals surface area (Å²) in [5, 5.41) is 1.89. The highest BCUT2D eigenvalue weighted by Gasteiger charge is 1.95. The third kappa shape index (κ3) is 2.50. The predicted octanol–water partition coefficient (Wildman–Crippen LogP) is 2.61. The Morgan fingerprint density at radius 1 is 1.43 bits per heavy atom. The molecule has 3 nitrogen and oxygen atoms in total. The fourth-order valence-corrected chi connectivity index (χ4v) is 1.28. The second-order valence-electron chi connectivity index (χ2n) is 2.51. The first-order valence-electron chi connectivity index (χ1n) is 3.97. The van der Waals surface area contributed by atoms with Gasteiger partial charge in [-0.2, -0.15) is 0 Å². The standard InChI is InChI=1S/C8H6ClN.C2H4O2/c9-7-2-1-3-8-6(7)4-5-10-8;1-4-2-3/h1-5,10H;2H,1H3. The van der Waals surface area contributed by atoms with E-state index in [1.54, 1.807) is 0 Å². The molecular weight excluding hydrogens is 202 g/mol. The van der Waals surface area contributed by atoms with Gasteiger partial charge in [-0.3, -0.25) is 4.79 Å². The molecule has 0 radical (unpaired) electrons. The number of rotatable bonds is 1. The zero-order valence-electron chi connectivity index (χ0n) is 7.66. The molecule has 0 saturated heterocycles. The molecule has 1 N–H and O–H groups in total. The molecule has 0 aliphatic heterocycles. The minimum absolute atomic E-state index is 0.375. The Kier molecular flexibility index (Phi) is 4.01. The maximum Gasteiger partial charge on any atom is 0.292 e. The summed E-state index contributed by atoms with van der Waals surface area (Å²) in [4.78, 5) is 12.0. The second-order valence-corrected chi connectivity index (χ2v) is 2.92. The van der Waals surface area contributed by atoms with E-state index < -0.39 is 0 Å². The van der Waals surface area contributed by atoms with E-state index in [2.05, 4.69) is 9.72 Å². The van der Waals surface area contributed by atoms with E-state index in [-0.39, 0.29) is 0 Å². The van der Waals surface area contributed by atoms with Gasteiger partial charge in [0.2, 0.25) is 0 Å². The van der Waals surface area contributed by atoms with Crippen LogP contribution in [0, 0.1) is 0 Å². The van der Waals surface area contributed by atoms with Gasteiger partial charge in [-0.05, 0) is 18.2 Å². The van der Waals surface area contributed by atoms with Gasteiger partial charge in [-0.25, -0.2) is 0 Å². The van der Waals surface area contributed by atoms with Crippen LogP contribution in [-0.2, 0) is 9.53 Å². The van der Waals surface area contributed by atoms with Crippen LogP contribution in [0.1, 0.15) is 0 Å². The Hall–Kier alpha value is -1.48. The van der Waals surface area contributed by atoms with Crippen LogP contribution in [0.3, 0.4) is 0 Å². The first-order valence-corrected chi connectivity index (χ1v) is 4.35. The number of ether oxygens (including phenoxy) is 1. The fraction of sp³-hybridized carbons (Fsp3) is 0.100. The van der Waals surface area contributed by atoms with Gasteiger partial charge in [0.15, 0.2) is 0 Å². The number of nitrogens with one attached hydrogen (secondary N) is 1. The molecule has 0 amide bonds. The van der Waals surface area contributed by atoms with E-state index in [0.717, 1.165) is 15.9 Å². The molecule has 0 aliphatic rings. The predicted molar refractivity (Wildman–Crippen MR) is 56.4 cm³/mol. The minimum atomic E-state index is 0.375. The Bertz CT molecular complexity index is 411. The van der Waals surface area contributed by atoms with Gasteiger partial charge in [0.25, 0.3) is 6.47 Å². The number of carbonyl (C=O) groups excluding carboxylic acids is 1. The molecule has 14 heavy (non-hydrogen) atoms. The lowest BCUT2D eigenvalue weighted by atomic mass is 10.2. The molecule has 0 saturated carbocycles. The van der Waals surface area contributed by atoms with E-state index in [9.17, 15) is 0 Å². The van der Waals surface area contributed by atoms with E-state index in [0.29, 0.717) is 6.47 Å². The number of carbonyl (C=O) groups is 1. The molecule has 1 aromatic heterocycles. The molecule has 2 rings (SSSR count). The fourth-order valence-electron chi connectivity index (χ4n) is 1.05. The van der Waals surface area contributed by atoms with Crippen LogP contribution in [0.5, 0.6) is 0 Å². The van der Waals surface area contributed by atoms with Crippen LogP contribution >= 0.6 is 11.6 Å². The SMILES string of the molecule is COC=O.Clc1cccc2[nH]ccc12. The normalized spacial score (nSPS) is 9.00. The second kappa shape index (κ2) is 5.29.